The van der Waals surface area contributed by atoms with Gasteiger partial charge in [-0.1, -0.05) is 83.6 Å². The molecule has 0 aromatic heterocycles. The van der Waals surface area contributed by atoms with Crippen LogP contribution >= 0.6 is 0 Å². The van der Waals surface area contributed by atoms with Crippen molar-refractivity contribution in [2.75, 3.05) is 6.61 Å². The van der Waals surface area contributed by atoms with Crippen molar-refractivity contribution in [1.29, 1.82) is 0 Å². The first kappa shape index (κ1) is 23.2. The number of rotatable bonds is 12. The molecule has 0 bridgehead atoms. The normalized spacial score (nSPS) is 20.4. The molecule has 2 aromatic carbocycles. The molecule has 1 unspecified atom stereocenters. The van der Waals surface area contributed by atoms with E-state index in [2.05, 4.69) is 57.2 Å². The molecule has 1 aliphatic carbocycles. The maximum atomic E-state index is 6.02. The molecule has 1 aliphatic rings. The van der Waals surface area contributed by atoms with Gasteiger partial charge in [-0.15, -0.1) is 0 Å². The molecular weight excluding hydrogens is 364 g/mol. The predicted molar refractivity (Wildman–Crippen MR) is 132 cm³/mol. The summed E-state index contributed by atoms with van der Waals surface area (Å²) in [6.45, 7) is 7.86. The third-order valence-electron chi connectivity index (χ3n) is 7.35. The van der Waals surface area contributed by atoms with Crippen molar-refractivity contribution in [3.05, 3.63) is 42.0 Å². The van der Waals surface area contributed by atoms with Crippen LogP contribution in [-0.4, -0.2) is 6.61 Å². The van der Waals surface area contributed by atoms with E-state index in [4.69, 9.17) is 4.74 Å². The Kier molecular flexibility index (Phi) is 9.56. The maximum Gasteiger partial charge on any atom is 0.119 e. The lowest BCUT2D eigenvalue weighted by Gasteiger charge is -2.30. The summed E-state index contributed by atoms with van der Waals surface area (Å²) in [4.78, 5) is 0. The number of unbranched alkanes of at least 4 members (excludes halogenated alkanes) is 5. The van der Waals surface area contributed by atoms with E-state index in [1.54, 1.807) is 5.56 Å². The first-order valence-electron chi connectivity index (χ1n) is 12.9. The van der Waals surface area contributed by atoms with Crippen LogP contribution in [0, 0.1) is 11.8 Å². The topological polar surface area (TPSA) is 9.23 Å². The highest BCUT2D eigenvalue weighted by Crippen LogP contribution is 2.39. The first-order chi connectivity index (χ1) is 14.7. The lowest BCUT2D eigenvalue weighted by atomic mass is 9.75. The van der Waals surface area contributed by atoms with E-state index in [0.29, 0.717) is 0 Å². The van der Waals surface area contributed by atoms with Gasteiger partial charge < -0.3 is 4.74 Å². The SMILES string of the molecule is CCCCCCCCOc1ccc2cc([C@H]3CC[C@H](CC(C)CC)CC3)ccc2c1. The first-order valence-corrected chi connectivity index (χ1v) is 12.9. The molecule has 1 fully saturated rings. The van der Waals surface area contributed by atoms with Crippen LogP contribution in [0.3, 0.4) is 0 Å². The highest BCUT2D eigenvalue weighted by molar-refractivity contribution is 5.84. The molecule has 0 aliphatic heterocycles. The smallest absolute Gasteiger partial charge is 0.119 e. The van der Waals surface area contributed by atoms with E-state index >= 15 is 0 Å². The Morgan fingerprint density at radius 1 is 0.833 bits per heavy atom. The van der Waals surface area contributed by atoms with E-state index in [0.717, 1.165) is 30.1 Å². The van der Waals surface area contributed by atoms with Gasteiger partial charge in [0.15, 0.2) is 0 Å². The minimum Gasteiger partial charge on any atom is -0.494 e. The zero-order valence-electron chi connectivity index (χ0n) is 19.8. The van der Waals surface area contributed by atoms with Gasteiger partial charge in [-0.2, -0.15) is 0 Å². The highest BCUT2D eigenvalue weighted by atomic mass is 16.5. The van der Waals surface area contributed by atoms with Crippen molar-refractivity contribution in [2.24, 2.45) is 11.8 Å². The van der Waals surface area contributed by atoms with E-state index in [1.807, 2.05) is 0 Å². The summed E-state index contributed by atoms with van der Waals surface area (Å²) >= 11 is 0. The largest absolute Gasteiger partial charge is 0.494 e. The summed E-state index contributed by atoms with van der Waals surface area (Å²) < 4.78 is 6.02. The summed E-state index contributed by atoms with van der Waals surface area (Å²) in [5.41, 5.74) is 1.55. The summed E-state index contributed by atoms with van der Waals surface area (Å²) in [6.07, 6.45) is 16.2. The second-order valence-corrected chi connectivity index (χ2v) is 9.85. The second kappa shape index (κ2) is 12.4. The molecule has 0 radical (unpaired) electrons. The average molecular weight is 409 g/mol. The molecule has 0 N–H and O–H groups in total. The molecule has 0 heterocycles. The average Bonchev–Trinajstić information content (AvgIpc) is 2.78. The molecular formula is C29H44O. The van der Waals surface area contributed by atoms with E-state index in [9.17, 15) is 0 Å². The maximum absolute atomic E-state index is 6.02. The van der Waals surface area contributed by atoms with Gasteiger partial charge in [0, 0.05) is 0 Å². The van der Waals surface area contributed by atoms with Crippen molar-refractivity contribution < 1.29 is 4.74 Å². The summed E-state index contributed by atoms with van der Waals surface area (Å²) in [5.74, 6) is 3.63. The molecule has 0 spiro atoms. The molecule has 30 heavy (non-hydrogen) atoms. The Balaban J connectivity index is 1.48. The van der Waals surface area contributed by atoms with Crippen LogP contribution in [0.2, 0.25) is 0 Å². The Morgan fingerprint density at radius 2 is 1.53 bits per heavy atom. The predicted octanol–water partition coefficient (Wildman–Crippen LogP) is 9.29. The van der Waals surface area contributed by atoms with E-state index in [-0.39, 0.29) is 0 Å². The summed E-state index contributed by atoms with van der Waals surface area (Å²) in [6, 6.07) is 13.8. The fourth-order valence-electron chi connectivity index (χ4n) is 5.13. The quantitative estimate of drug-likeness (QED) is 0.318. The fourth-order valence-corrected chi connectivity index (χ4v) is 5.13. The van der Waals surface area contributed by atoms with Crippen LogP contribution < -0.4 is 4.74 Å². The number of hydrogen-bond donors (Lipinski definition) is 0. The fraction of sp³-hybridized carbons (Fsp3) is 0.655. The van der Waals surface area contributed by atoms with Gasteiger partial charge in [0.25, 0.3) is 0 Å². The summed E-state index contributed by atoms with van der Waals surface area (Å²) in [7, 11) is 0. The van der Waals surface area contributed by atoms with Gasteiger partial charge in [0.1, 0.15) is 5.75 Å². The van der Waals surface area contributed by atoms with Crippen LogP contribution in [0.25, 0.3) is 10.8 Å². The molecule has 1 heteroatoms. The van der Waals surface area contributed by atoms with E-state index in [1.165, 1.54) is 87.8 Å². The van der Waals surface area contributed by atoms with Gasteiger partial charge in [0.2, 0.25) is 0 Å². The third kappa shape index (κ3) is 7.03. The van der Waals surface area contributed by atoms with Crippen LogP contribution in [0.15, 0.2) is 36.4 Å². The molecule has 1 nitrogen and oxygen atoms in total. The van der Waals surface area contributed by atoms with Gasteiger partial charge in [0.05, 0.1) is 6.61 Å². The van der Waals surface area contributed by atoms with Crippen molar-refractivity contribution in [3.8, 4) is 5.75 Å². The zero-order chi connectivity index (χ0) is 21.2. The van der Waals surface area contributed by atoms with Crippen molar-refractivity contribution in [3.63, 3.8) is 0 Å². The number of hydrogen-bond acceptors (Lipinski definition) is 1. The molecule has 0 amide bonds. The Hall–Kier alpha value is -1.50. The number of benzene rings is 2. The second-order valence-electron chi connectivity index (χ2n) is 9.85. The monoisotopic (exact) mass is 408 g/mol. The molecule has 2 aromatic rings. The van der Waals surface area contributed by atoms with Crippen LogP contribution in [-0.2, 0) is 0 Å². The lowest BCUT2D eigenvalue weighted by Crippen LogP contribution is -2.15. The van der Waals surface area contributed by atoms with Gasteiger partial charge in [-0.25, -0.2) is 0 Å². The number of fused-ring (bicyclic) bond motifs is 1. The lowest BCUT2D eigenvalue weighted by molar-refractivity contribution is 0.273. The molecule has 1 saturated carbocycles. The molecule has 0 saturated heterocycles. The van der Waals surface area contributed by atoms with Crippen LogP contribution in [0.1, 0.15) is 109 Å². The van der Waals surface area contributed by atoms with Gasteiger partial charge in [-0.3, -0.25) is 0 Å². The Bertz CT molecular complexity index is 741. The van der Waals surface area contributed by atoms with Crippen LogP contribution in [0.4, 0.5) is 0 Å². The van der Waals surface area contributed by atoms with Crippen molar-refractivity contribution in [1.82, 2.24) is 0 Å². The molecule has 166 valence electrons. The standard InChI is InChI=1S/C29H44O/c1-4-6-7-8-9-10-19-30-29-18-17-27-21-26(15-16-28(27)22-29)25-13-11-24(12-14-25)20-23(3)5-2/h15-18,21-25H,4-14,19-20H2,1-3H3/t23?,24-,25-. The molecule has 3 rings (SSSR count). The van der Waals surface area contributed by atoms with Gasteiger partial charge >= 0.3 is 0 Å². The molecule has 1 atom stereocenters. The summed E-state index contributed by atoms with van der Waals surface area (Å²) in [5, 5.41) is 2.67. The Labute approximate surface area is 185 Å². The van der Waals surface area contributed by atoms with Crippen molar-refractivity contribution >= 4 is 10.8 Å². The number of ether oxygens (including phenoxy) is 1. The highest BCUT2D eigenvalue weighted by Gasteiger charge is 2.23. The van der Waals surface area contributed by atoms with Crippen LogP contribution in [0.5, 0.6) is 5.75 Å². The van der Waals surface area contributed by atoms with Gasteiger partial charge in [-0.05, 0) is 84.7 Å². The minimum atomic E-state index is 0.756. The third-order valence-corrected chi connectivity index (χ3v) is 7.35. The zero-order valence-corrected chi connectivity index (χ0v) is 19.8. The van der Waals surface area contributed by atoms with E-state index < -0.39 is 0 Å². The van der Waals surface area contributed by atoms with Crippen molar-refractivity contribution in [2.45, 2.75) is 104 Å². The minimum absolute atomic E-state index is 0.756. The Morgan fingerprint density at radius 3 is 2.30 bits per heavy atom.